The van der Waals surface area contributed by atoms with Crippen molar-refractivity contribution in [3.63, 3.8) is 0 Å². The van der Waals surface area contributed by atoms with Crippen LogP contribution < -0.4 is 5.32 Å². The summed E-state index contributed by atoms with van der Waals surface area (Å²) < 4.78 is 12.9. The van der Waals surface area contributed by atoms with E-state index < -0.39 is 17.8 Å². The fourth-order valence-corrected chi connectivity index (χ4v) is 1.64. The van der Waals surface area contributed by atoms with Crippen LogP contribution in [0.25, 0.3) is 0 Å². The third-order valence-corrected chi connectivity index (χ3v) is 2.74. The molecule has 102 valence electrons. The Bertz CT molecular complexity index is 691. The lowest BCUT2D eigenvalue weighted by molar-refractivity contribution is 0.0696. The summed E-state index contributed by atoms with van der Waals surface area (Å²) in [5.74, 6) is -2.63. The van der Waals surface area contributed by atoms with Gasteiger partial charge in [0.15, 0.2) is 0 Å². The summed E-state index contributed by atoms with van der Waals surface area (Å²) in [5.41, 5.74) is -0.0543. The summed E-state index contributed by atoms with van der Waals surface area (Å²) in [6, 6.07) is 7.64. The number of pyridine rings is 1. The van der Waals surface area contributed by atoms with Crippen molar-refractivity contribution in [2.24, 2.45) is 0 Å². The van der Waals surface area contributed by atoms with Gasteiger partial charge in [0.25, 0.3) is 5.91 Å². The molecule has 0 spiro atoms. The van der Waals surface area contributed by atoms with Gasteiger partial charge >= 0.3 is 5.97 Å². The molecule has 1 aromatic carbocycles. The number of carboxylic acids is 1. The number of halogens is 2. The first kappa shape index (κ1) is 14.0. The van der Waals surface area contributed by atoms with Crippen molar-refractivity contribution >= 4 is 29.2 Å². The summed E-state index contributed by atoms with van der Waals surface area (Å²) in [6.07, 6.45) is 0. The van der Waals surface area contributed by atoms with Gasteiger partial charge in [0.05, 0.1) is 16.3 Å². The van der Waals surface area contributed by atoms with Gasteiger partial charge in [-0.1, -0.05) is 17.7 Å². The van der Waals surface area contributed by atoms with Crippen LogP contribution in [0.5, 0.6) is 0 Å². The Morgan fingerprint density at radius 3 is 2.65 bits per heavy atom. The molecule has 0 aliphatic heterocycles. The van der Waals surface area contributed by atoms with E-state index in [1.54, 1.807) is 0 Å². The third-order valence-electron chi connectivity index (χ3n) is 2.41. The molecule has 1 amide bonds. The van der Waals surface area contributed by atoms with Crippen molar-refractivity contribution < 1.29 is 19.1 Å². The lowest BCUT2D eigenvalue weighted by atomic mass is 10.2. The van der Waals surface area contributed by atoms with Crippen molar-refractivity contribution in [2.45, 2.75) is 0 Å². The van der Waals surface area contributed by atoms with Crippen molar-refractivity contribution in [3.05, 3.63) is 58.6 Å². The molecular weight excluding hydrogens is 287 g/mol. The minimum atomic E-state index is -1.15. The Morgan fingerprint density at radius 2 is 2.00 bits per heavy atom. The Morgan fingerprint density at radius 1 is 1.25 bits per heavy atom. The van der Waals surface area contributed by atoms with Gasteiger partial charge in [-0.05, 0) is 30.3 Å². The molecule has 2 N–H and O–H groups in total. The zero-order valence-corrected chi connectivity index (χ0v) is 10.7. The number of anilines is 1. The number of aromatic nitrogens is 1. The lowest BCUT2D eigenvalue weighted by Gasteiger charge is -2.07. The molecule has 2 rings (SSSR count). The Labute approximate surface area is 118 Å². The maximum absolute atomic E-state index is 12.9. The number of carbonyl (C=O) groups is 2. The van der Waals surface area contributed by atoms with Crippen LogP contribution in [0.4, 0.5) is 10.1 Å². The van der Waals surface area contributed by atoms with Crippen LogP contribution in [-0.2, 0) is 0 Å². The van der Waals surface area contributed by atoms with Gasteiger partial charge in [-0.2, -0.15) is 4.39 Å². The molecule has 1 aromatic heterocycles. The molecule has 0 bridgehead atoms. The molecule has 0 unspecified atom stereocenters. The number of rotatable bonds is 3. The Hall–Kier alpha value is -2.47. The minimum Gasteiger partial charge on any atom is -0.478 e. The molecule has 20 heavy (non-hydrogen) atoms. The first-order valence-electron chi connectivity index (χ1n) is 5.44. The number of aromatic carboxylic acids is 1. The quantitative estimate of drug-likeness (QED) is 0.853. The van der Waals surface area contributed by atoms with Crippen LogP contribution in [0.3, 0.4) is 0 Å². The van der Waals surface area contributed by atoms with Crippen LogP contribution in [0.2, 0.25) is 5.02 Å². The van der Waals surface area contributed by atoms with Crippen molar-refractivity contribution in [1.82, 2.24) is 4.98 Å². The zero-order chi connectivity index (χ0) is 14.7. The molecule has 0 radical (unpaired) electrons. The van der Waals surface area contributed by atoms with Gasteiger partial charge in [0, 0.05) is 0 Å². The molecular formula is C13H8ClFN2O3. The van der Waals surface area contributed by atoms with Crippen LogP contribution >= 0.6 is 11.6 Å². The second kappa shape index (κ2) is 5.66. The van der Waals surface area contributed by atoms with Gasteiger partial charge in [-0.25, -0.2) is 9.78 Å². The first-order valence-corrected chi connectivity index (χ1v) is 5.82. The molecule has 0 saturated carbocycles. The van der Waals surface area contributed by atoms with Crippen LogP contribution in [0, 0.1) is 5.95 Å². The second-order valence-corrected chi connectivity index (χ2v) is 4.21. The van der Waals surface area contributed by atoms with E-state index in [-0.39, 0.29) is 22.0 Å². The van der Waals surface area contributed by atoms with E-state index in [1.807, 2.05) is 0 Å². The Balaban J connectivity index is 2.27. The number of benzene rings is 1. The fourth-order valence-electron chi connectivity index (χ4n) is 1.48. The minimum absolute atomic E-state index is 0.0306. The van der Waals surface area contributed by atoms with E-state index in [0.717, 1.165) is 6.07 Å². The van der Waals surface area contributed by atoms with Crippen LogP contribution in [-0.4, -0.2) is 22.0 Å². The average Bonchev–Trinajstić information content (AvgIpc) is 2.41. The number of nitrogens with one attached hydrogen (secondary N) is 1. The zero-order valence-electron chi connectivity index (χ0n) is 9.93. The molecule has 1 heterocycles. The standard InChI is InChI=1S/C13H8ClFN2O3/c14-8-5-4-7(13(19)20)6-10(8)17-12(18)9-2-1-3-11(15)16-9/h1-6H,(H,17,18)(H,19,20). The van der Waals surface area contributed by atoms with Crippen molar-refractivity contribution in [3.8, 4) is 0 Å². The maximum atomic E-state index is 12.9. The van der Waals surface area contributed by atoms with Gasteiger partial charge in [0.2, 0.25) is 5.95 Å². The van der Waals surface area contributed by atoms with E-state index >= 15 is 0 Å². The monoisotopic (exact) mass is 294 g/mol. The smallest absolute Gasteiger partial charge is 0.335 e. The molecule has 0 fully saturated rings. The average molecular weight is 295 g/mol. The van der Waals surface area contributed by atoms with E-state index in [9.17, 15) is 14.0 Å². The summed E-state index contributed by atoms with van der Waals surface area (Å²) >= 11 is 5.86. The van der Waals surface area contributed by atoms with E-state index in [0.29, 0.717) is 0 Å². The van der Waals surface area contributed by atoms with Crippen LogP contribution in [0.15, 0.2) is 36.4 Å². The molecule has 7 heteroatoms. The van der Waals surface area contributed by atoms with Gasteiger partial charge in [-0.3, -0.25) is 4.79 Å². The summed E-state index contributed by atoms with van der Waals surface area (Å²) in [6.45, 7) is 0. The molecule has 0 aliphatic rings. The Kier molecular flexibility index (Phi) is 3.95. The molecule has 0 saturated heterocycles. The van der Waals surface area contributed by atoms with Gasteiger partial charge in [-0.15, -0.1) is 0 Å². The summed E-state index contributed by atoms with van der Waals surface area (Å²) in [4.78, 5) is 26.1. The van der Waals surface area contributed by atoms with Gasteiger partial charge < -0.3 is 10.4 Å². The van der Waals surface area contributed by atoms with Crippen molar-refractivity contribution in [2.75, 3.05) is 5.32 Å². The number of hydrogen-bond acceptors (Lipinski definition) is 3. The number of nitrogens with zero attached hydrogens (tertiary/aromatic N) is 1. The lowest BCUT2D eigenvalue weighted by Crippen LogP contribution is -2.15. The van der Waals surface area contributed by atoms with E-state index in [1.165, 1.54) is 30.3 Å². The van der Waals surface area contributed by atoms with Crippen molar-refractivity contribution in [1.29, 1.82) is 0 Å². The number of carboxylic acid groups (broad SMARTS) is 1. The molecule has 0 aliphatic carbocycles. The SMILES string of the molecule is O=C(O)c1ccc(Cl)c(NC(=O)c2cccc(F)n2)c1. The largest absolute Gasteiger partial charge is 0.478 e. The highest BCUT2D eigenvalue weighted by molar-refractivity contribution is 6.34. The van der Waals surface area contributed by atoms with Gasteiger partial charge in [0.1, 0.15) is 5.69 Å². The topological polar surface area (TPSA) is 79.3 Å². The van der Waals surface area contributed by atoms with Crippen LogP contribution in [0.1, 0.15) is 20.8 Å². The fraction of sp³-hybridized carbons (Fsp3) is 0. The maximum Gasteiger partial charge on any atom is 0.335 e. The normalized spacial score (nSPS) is 10.1. The number of carbonyl (C=O) groups excluding carboxylic acids is 1. The molecule has 0 atom stereocenters. The third kappa shape index (κ3) is 3.10. The number of hydrogen-bond donors (Lipinski definition) is 2. The highest BCUT2D eigenvalue weighted by Crippen LogP contribution is 2.23. The first-order chi connectivity index (χ1) is 9.47. The summed E-state index contributed by atoms with van der Waals surface area (Å²) in [5, 5.41) is 11.4. The summed E-state index contributed by atoms with van der Waals surface area (Å²) in [7, 11) is 0. The predicted molar refractivity (Wildman–Crippen MR) is 70.6 cm³/mol. The molecule has 2 aromatic rings. The number of amides is 1. The van der Waals surface area contributed by atoms with E-state index in [4.69, 9.17) is 16.7 Å². The predicted octanol–water partition coefficient (Wildman–Crippen LogP) is 2.82. The second-order valence-electron chi connectivity index (χ2n) is 3.80. The highest BCUT2D eigenvalue weighted by atomic mass is 35.5. The van der Waals surface area contributed by atoms with E-state index in [2.05, 4.69) is 10.3 Å². The molecule has 5 nitrogen and oxygen atoms in total. The highest BCUT2D eigenvalue weighted by Gasteiger charge is 2.12.